The minimum Gasteiger partial charge on any atom is -0.496 e. The number of aromatic nitrogens is 2. The van der Waals surface area contributed by atoms with Gasteiger partial charge in [0, 0.05) is 12.1 Å². The van der Waals surface area contributed by atoms with Crippen molar-refractivity contribution in [1.29, 1.82) is 0 Å². The van der Waals surface area contributed by atoms with Crippen molar-refractivity contribution in [3.8, 4) is 5.75 Å². The molecule has 0 bridgehead atoms. The van der Waals surface area contributed by atoms with Crippen LogP contribution in [0.1, 0.15) is 34.2 Å². The van der Waals surface area contributed by atoms with Crippen molar-refractivity contribution >= 4 is 21.7 Å². The summed E-state index contributed by atoms with van der Waals surface area (Å²) < 4.78 is 8.06. The summed E-state index contributed by atoms with van der Waals surface area (Å²) in [5, 5.41) is 4.42. The fraction of sp³-hybridized carbons (Fsp3) is 0.375. The highest BCUT2D eigenvalue weighted by Gasteiger charge is 2.17. The zero-order valence-electron chi connectivity index (χ0n) is 12.7. The van der Waals surface area contributed by atoms with Gasteiger partial charge in [-0.05, 0) is 48.3 Å². The molecule has 0 fully saturated rings. The predicted molar refractivity (Wildman–Crippen MR) is 86.1 cm³/mol. The Kier molecular flexibility index (Phi) is 4.83. The number of nitrogens with zero attached hydrogens (tertiary/aromatic N) is 2. The van der Waals surface area contributed by atoms with Crippen LogP contribution in [0, 0.1) is 13.8 Å². The van der Waals surface area contributed by atoms with E-state index in [1.54, 1.807) is 13.2 Å². The maximum atomic E-state index is 12.5. The van der Waals surface area contributed by atoms with E-state index < -0.39 is 0 Å². The topological polar surface area (TPSA) is 44.1 Å². The van der Waals surface area contributed by atoms with Crippen LogP contribution in [0.15, 0.2) is 22.7 Å². The minimum atomic E-state index is 0.0589. The van der Waals surface area contributed by atoms with Crippen LogP contribution in [-0.4, -0.2) is 22.7 Å². The summed E-state index contributed by atoms with van der Waals surface area (Å²) in [6.45, 7) is 6.65. The number of ketones is 1. The van der Waals surface area contributed by atoms with Gasteiger partial charge in [-0.3, -0.25) is 9.48 Å². The Morgan fingerprint density at radius 2 is 2.10 bits per heavy atom. The summed E-state index contributed by atoms with van der Waals surface area (Å²) in [5.41, 5.74) is 3.50. The normalized spacial score (nSPS) is 10.7. The second-order valence-electron chi connectivity index (χ2n) is 4.95. The fourth-order valence-corrected chi connectivity index (χ4v) is 2.71. The lowest BCUT2D eigenvalue weighted by Gasteiger charge is -2.08. The van der Waals surface area contributed by atoms with Crippen molar-refractivity contribution in [2.24, 2.45) is 0 Å². The van der Waals surface area contributed by atoms with Crippen molar-refractivity contribution in [1.82, 2.24) is 9.78 Å². The third-order valence-corrected chi connectivity index (χ3v) is 4.54. The molecule has 5 heteroatoms. The van der Waals surface area contributed by atoms with Gasteiger partial charge in [0.2, 0.25) is 0 Å². The molecule has 0 aliphatic rings. The molecule has 0 aliphatic heterocycles. The van der Waals surface area contributed by atoms with Gasteiger partial charge >= 0.3 is 0 Å². The van der Waals surface area contributed by atoms with E-state index in [4.69, 9.17) is 4.74 Å². The van der Waals surface area contributed by atoms with Crippen LogP contribution in [0.25, 0.3) is 0 Å². The maximum Gasteiger partial charge on any atom is 0.168 e. The highest BCUT2D eigenvalue weighted by atomic mass is 79.9. The summed E-state index contributed by atoms with van der Waals surface area (Å²) in [6.07, 6.45) is 0.321. The van der Waals surface area contributed by atoms with Gasteiger partial charge in [-0.25, -0.2) is 0 Å². The van der Waals surface area contributed by atoms with Crippen molar-refractivity contribution in [2.75, 3.05) is 7.11 Å². The zero-order valence-corrected chi connectivity index (χ0v) is 14.3. The molecule has 0 spiro atoms. The average molecular weight is 351 g/mol. The molecule has 112 valence electrons. The molecule has 1 aromatic heterocycles. The first-order valence-corrected chi connectivity index (χ1v) is 7.66. The molecule has 2 rings (SSSR count). The van der Waals surface area contributed by atoms with Crippen LogP contribution in [0.2, 0.25) is 0 Å². The quantitative estimate of drug-likeness (QED) is 0.772. The molecule has 0 aliphatic carbocycles. The highest BCUT2D eigenvalue weighted by Crippen LogP contribution is 2.24. The van der Waals surface area contributed by atoms with E-state index in [0.29, 0.717) is 12.0 Å². The number of halogens is 1. The summed E-state index contributed by atoms with van der Waals surface area (Å²) in [6, 6.07) is 5.54. The van der Waals surface area contributed by atoms with Crippen LogP contribution in [0.4, 0.5) is 0 Å². The molecule has 0 radical (unpaired) electrons. The van der Waals surface area contributed by atoms with Crippen LogP contribution in [-0.2, 0) is 13.0 Å². The number of hydrogen-bond donors (Lipinski definition) is 0. The van der Waals surface area contributed by atoms with Crippen molar-refractivity contribution in [3.63, 3.8) is 0 Å². The molecule has 0 saturated carbocycles. The number of methoxy groups -OCH3 is 1. The number of ether oxygens (including phenoxy) is 1. The van der Waals surface area contributed by atoms with Crippen molar-refractivity contribution < 1.29 is 9.53 Å². The highest BCUT2D eigenvalue weighted by molar-refractivity contribution is 9.10. The van der Waals surface area contributed by atoms with Gasteiger partial charge < -0.3 is 4.74 Å². The van der Waals surface area contributed by atoms with Gasteiger partial charge in [-0.2, -0.15) is 5.10 Å². The van der Waals surface area contributed by atoms with Gasteiger partial charge in [-0.1, -0.05) is 12.1 Å². The number of rotatable bonds is 5. The average Bonchev–Trinajstić information content (AvgIpc) is 2.75. The van der Waals surface area contributed by atoms with E-state index in [1.807, 2.05) is 37.6 Å². The predicted octanol–water partition coefficient (Wildman–Crippen LogP) is 3.72. The first-order chi connectivity index (χ1) is 9.97. The number of Topliss-reactive ketones (excluding diaryl/α,β-unsaturated/α-hetero) is 1. The Labute approximate surface area is 133 Å². The Balaban J connectivity index is 2.30. The van der Waals surface area contributed by atoms with E-state index in [2.05, 4.69) is 21.0 Å². The molecular weight excluding hydrogens is 332 g/mol. The molecular formula is C16H19BrN2O2. The molecule has 4 nitrogen and oxygen atoms in total. The maximum absolute atomic E-state index is 12.5. The number of carbonyl (C=O) groups excluding carboxylic acids is 1. The lowest BCUT2D eigenvalue weighted by molar-refractivity contribution is 0.0990. The van der Waals surface area contributed by atoms with Crippen molar-refractivity contribution in [2.45, 2.75) is 33.7 Å². The second kappa shape index (κ2) is 6.43. The summed E-state index contributed by atoms with van der Waals surface area (Å²) in [7, 11) is 1.61. The Morgan fingerprint density at radius 3 is 2.71 bits per heavy atom. The lowest BCUT2D eigenvalue weighted by atomic mass is 10.0. The van der Waals surface area contributed by atoms with Gasteiger partial charge in [0.1, 0.15) is 5.75 Å². The lowest BCUT2D eigenvalue weighted by Crippen LogP contribution is -2.10. The van der Waals surface area contributed by atoms with Gasteiger partial charge in [0.15, 0.2) is 5.78 Å². The molecule has 1 heterocycles. The standard InChI is InChI=1S/C16H19BrN2O2/c1-5-19-13(16(17)11(3)18-19)9-14(20)12-7-6-10(2)15(8-12)21-4/h6-8H,5,9H2,1-4H3. The number of hydrogen-bond acceptors (Lipinski definition) is 3. The third-order valence-electron chi connectivity index (χ3n) is 3.51. The van der Waals surface area contributed by atoms with Crippen LogP contribution in [0.5, 0.6) is 5.75 Å². The Bertz CT molecular complexity index is 677. The molecule has 0 unspecified atom stereocenters. The van der Waals surface area contributed by atoms with E-state index in [9.17, 15) is 4.79 Å². The molecule has 0 saturated heterocycles. The summed E-state index contributed by atoms with van der Waals surface area (Å²) in [4.78, 5) is 12.5. The van der Waals surface area contributed by atoms with Crippen molar-refractivity contribution in [3.05, 3.63) is 45.2 Å². The van der Waals surface area contributed by atoms with Crippen LogP contribution >= 0.6 is 15.9 Å². The molecule has 1 aromatic carbocycles. The second-order valence-corrected chi connectivity index (χ2v) is 5.74. The summed E-state index contributed by atoms with van der Waals surface area (Å²) in [5.74, 6) is 0.795. The van der Waals surface area contributed by atoms with Crippen LogP contribution < -0.4 is 4.74 Å². The smallest absolute Gasteiger partial charge is 0.168 e. The minimum absolute atomic E-state index is 0.0589. The largest absolute Gasteiger partial charge is 0.496 e. The molecule has 0 atom stereocenters. The molecule has 0 N–H and O–H groups in total. The summed E-state index contributed by atoms with van der Waals surface area (Å²) >= 11 is 3.52. The van der Waals surface area contributed by atoms with E-state index in [0.717, 1.165) is 33.7 Å². The van der Waals surface area contributed by atoms with E-state index >= 15 is 0 Å². The third kappa shape index (κ3) is 3.18. The fourth-order valence-electron chi connectivity index (χ4n) is 2.29. The Morgan fingerprint density at radius 1 is 1.38 bits per heavy atom. The van der Waals surface area contributed by atoms with Gasteiger partial charge in [0.05, 0.1) is 29.4 Å². The molecule has 2 aromatic rings. The molecule has 21 heavy (non-hydrogen) atoms. The number of benzene rings is 1. The van der Waals surface area contributed by atoms with E-state index in [1.165, 1.54) is 0 Å². The monoisotopic (exact) mass is 350 g/mol. The SMILES string of the molecule is CCn1nc(C)c(Br)c1CC(=O)c1ccc(C)c(OC)c1. The molecule has 0 amide bonds. The number of aryl methyl sites for hydroxylation is 3. The van der Waals surface area contributed by atoms with Crippen LogP contribution in [0.3, 0.4) is 0 Å². The number of carbonyl (C=O) groups is 1. The van der Waals surface area contributed by atoms with E-state index in [-0.39, 0.29) is 5.78 Å². The van der Waals surface area contributed by atoms with Gasteiger partial charge in [-0.15, -0.1) is 0 Å². The Hall–Kier alpha value is -1.62. The van der Waals surface area contributed by atoms with Gasteiger partial charge in [0.25, 0.3) is 0 Å². The zero-order chi connectivity index (χ0) is 15.6. The first kappa shape index (κ1) is 15.8. The first-order valence-electron chi connectivity index (χ1n) is 6.87.